The van der Waals surface area contributed by atoms with Crippen LogP contribution in [-0.2, 0) is 6.42 Å². The molecule has 9 heteroatoms. The lowest BCUT2D eigenvalue weighted by Gasteiger charge is -2.33. The van der Waals surface area contributed by atoms with Crippen molar-refractivity contribution >= 4 is 33.9 Å². The number of anilines is 3. The Morgan fingerprint density at radius 2 is 1.86 bits per heavy atom. The van der Waals surface area contributed by atoms with Gasteiger partial charge in [-0.1, -0.05) is 17.4 Å². The van der Waals surface area contributed by atoms with Crippen LogP contribution in [0.1, 0.15) is 29.2 Å². The van der Waals surface area contributed by atoms with Crippen LogP contribution in [0.5, 0.6) is 5.75 Å². The predicted molar refractivity (Wildman–Crippen MR) is 139 cm³/mol. The largest absolute Gasteiger partial charge is 0.490 e. The smallest absolute Gasteiger partial charge is 0.263 e. The highest BCUT2D eigenvalue weighted by atomic mass is 32.1. The summed E-state index contributed by atoms with van der Waals surface area (Å²) in [4.78, 5) is 29.9. The summed E-state index contributed by atoms with van der Waals surface area (Å²) in [5.74, 6) is 1.83. The summed E-state index contributed by atoms with van der Waals surface area (Å²) in [7, 11) is 2.16. The molecular formula is C26H30N6O2S. The fourth-order valence-corrected chi connectivity index (χ4v) is 5.97. The molecule has 0 radical (unpaired) electrons. The summed E-state index contributed by atoms with van der Waals surface area (Å²) in [6.07, 6.45) is 2.69. The number of hydrogen-bond donors (Lipinski definition) is 1. The van der Waals surface area contributed by atoms with E-state index in [1.54, 1.807) is 0 Å². The molecule has 3 aliphatic heterocycles. The van der Waals surface area contributed by atoms with Crippen LogP contribution in [0.25, 0.3) is 11.1 Å². The van der Waals surface area contributed by atoms with Crippen molar-refractivity contribution in [3.8, 4) is 16.9 Å². The molecule has 3 aliphatic rings. The molecule has 0 unspecified atom stereocenters. The first-order chi connectivity index (χ1) is 16.9. The molecule has 1 aromatic carbocycles. The summed E-state index contributed by atoms with van der Waals surface area (Å²) >= 11 is 1.46. The van der Waals surface area contributed by atoms with Gasteiger partial charge >= 0.3 is 0 Å². The van der Waals surface area contributed by atoms with E-state index in [1.807, 2.05) is 26.1 Å². The van der Waals surface area contributed by atoms with Crippen LogP contribution in [0.4, 0.5) is 16.6 Å². The average molecular weight is 491 g/mol. The number of ether oxygens (including phenoxy) is 1. The van der Waals surface area contributed by atoms with Crippen molar-refractivity contribution in [1.29, 1.82) is 0 Å². The number of nitrogens with zero attached hydrogens (tertiary/aromatic N) is 5. The standard InChI is InChI=1S/C26H30N6O2S/c1-26(2)15-19-23(24(33)29-26)35-25(28-19)32-12-13-34-21-6-4-17(14-20(21)32)18-5-7-22(27-16-18)31-10-8-30(3)9-11-31/h4-7,14,16H,8-13,15H2,1-3H3,(H,29,33). The molecule has 0 saturated carbocycles. The van der Waals surface area contributed by atoms with Crippen LogP contribution in [0.2, 0.25) is 0 Å². The van der Waals surface area contributed by atoms with Crippen molar-refractivity contribution < 1.29 is 9.53 Å². The molecule has 5 heterocycles. The van der Waals surface area contributed by atoms with Gasteiger partial charge in [-0.25, -0.2) is 9.97 Å². The maximum Gasteiger partial charge on any atom is 0.263 e. The molecular weight excluding hydrogens is 460 g/mol. The third kappa shape index (κ3) is 4.23. The Kier molecular flexibility index (Phi) is 5.41. The topological polar surface area (TPSA) is 73.8 Å². The number of piperazine rings is 1. The van der Waals surface area contributed by atoms with Crippen LogP contribution in [0.15, 0.2) is 36.5 Å². The minimum atomic E-state index is -0.283. The van der Waals surface area contributed by atoms with E-state index in [0.717, 1.165) is 71.8 Å². The zero-order valence-corrected chi connectivity index (χ0v) is 21.2. The van der Waals surface area contributed by atoms with Crippen molar-refractivity contribution in [2.24, 2.45) is 0 Å². The first-order valence-corrected chi connectivity index (χ1v) is 12.9. The van der Waals surface area contributed by atoms with Crippen LogP contribution in [0, 0.1) is 0 Å². The Hall–Kier alpha value is -3.17. The Labute approximate surface area is 209 Å². The molecule has 35 heavy (non-hydrogen) atoms. The summed E-state index contributed by atoms with van der Waals surface area (Å²) in [5.41, 5.74) is 3.72. The monoisotopic (exact) mass is 490 g/mol. The summed E-state index contributed by atoms with van der Waals surface area (Å²) in [5, 5.41) is 3.92. The predicted octanol–water partition coefficient (Wildman–Crippen LogP) is 3.55. The maximum absolute atomic E-state index is 12.6. The van der Waals surface area contributed by atoms with E-state index in [4.69, 9.17) is 14.7 Å². The molecule has 0 spiro atoms. The third-order valence-electron chi connectivity index (χ3n) is 6.92. The Balaban J connectivity index is 1.29. The number of aromatic nitrogens is 2. The van der Waals surface area contributed by atoms with Gasteiger partial charge in [0.25, 0.3) is 5.91 Å². The zero-order chi connectivity index (χ0) is 24.2. The summed E-state index contributed by atoms with van der Waals surface area (Å²) in [6, 6.07) is 10.5. The molecule has 1 fully saturated rings. The highest BCUT2D eigenvalue weighted by Crippen LogP contribution is 2.42. The van der Waals surface area contributed by atoms with Gasteiger partial charge in [-0.2, -0.15) is 0 Å². The van der Waals surface area contributed by atoms with Crippen molar-refractivity contribution in [2.75, 3.05) is 56.2 Å². The lowest BCUT2D eigenvalue weighted by Crippen LogP contribution is -2.48. The summed E-state index contributed by atoms with van der Waals surface area (Å²) in [6.45, 7) is 9.46. The van der Waals surface area contributed by atoms with Crippen LogP contribution in [-0.4, -0.2) is 72.7 Å². The number of hydrogen-bond acceptors (Lipinski definition) is 8. The molecule has 8 nitrogen and oxygen atoms in total. The number of benzene rings is 1. The molecule has 2 aromatic heterocycles. The van der Waals surface area contributed by atoms with Gasteiger partial charge in [-0.3, -0.25) is 4.79 Å². The van der Waals surface area contributed by atoms with E-state index in [-0.39, 0.29) is 11.4 Å². The second kappa shape index (κ2) is 8.49. The van der Waals surface area contributed by atoms with Gasteiger partial charge < -0.3 is 24.8 Å². The number of thiazole rings is 1. The Morgan fingerprint density at radius 3 is 2.63 bits per heavy atom. The molecule has 1 saturated heterocycles. The van der Waals surface area contributed by atoms with Gasteiger partial charge in [-0.15, -0.1) is 0 Å². The normalized spacial score (nSPS) is 19.6. The molecule has 0 aliphatic carbocycles. The van der Waals surface area contributed by atoms with Gasteiger partial charge in [0.2, 0.25) is 0 Å². The van der Waals surface area contributed by atoms with Crippen molar-refractivity contribution in [1.82, 2.24) is 20.2 Å². The van der Waals surface area contributed by atoms with Gasteiger partial charge in [-0.05, 0) is 50.7 Å². The number of nitrogens with one attached hydrogen (secondary N) is 1. The van der Waals surface area contributed by atoms with E-state index in [0.29, 0.717) is 18.0 Å². The Bertz CT molecular complexity index is 1260. The van der Waals surface area contributed by atoms with E-state index < -0.39 is 0 Å². The van der Waals surface area contributed by atoms with Gasteiger partial charge in [0, 0.05) is 49.9 Å². The Morgan fingerprint density at radius 1 is 1.06 bits per heavy atom. The maximum atomic E-state index is 12.6. The highest BCUT2D eigenvalue weighted by molar-refractivity contribution is 7.17. The number of likely N-dealkylation sites (N-methyl/N-ethyl adjacent to an activating group) is 1. The second-order valence-corrected chi connectivity index (χ2v) is 11.1. The molecule has 1 N–H and O–H groups in total. The van der Waals surface area contributed by atoms with Gasteiger partial charge in [0.1, 0.15) is 23.1 Å². The van der Waals surface area contributed by atoms with E-state index >= 15 is 0 Å². The number of amides is 1. The quantitative estimate of drug-likeness (QED) is 0.602. The van der Waals surface area contributed by atoms with Crippen molar-refractivity contribution in [3.05, 3.63) is 47.1 Å². The number of fused-ring (bicyclic) bond motifs is 2. The SMILES string of the molecule is CN1CCN(c2ccc(-c3ccc4c(c3)N(c3nc5c(s3)C(=O)NC(C)(C)C5)CCO4)cn2)CC1. The fraction of sp³-hybridized carbons (Fsp3) is 0.423. The lowest BCUT2D eigenvalue weighted by molar-refractivity contribution is 0.0901. The van der Waals surface area contributed by atoms with E-state index in [1.165, 1.54) is 11.3 Å². The van der Waals surface area contributed by atoms with Crippen LogP contribution < -0.4 is 19.9 Å². The minimum Gasteiger partial charge on any atom is -0.490 e. The van der Waals surface area contributed by atoms with Crippen molar-refractivity contribution in [3.63, 3.8) is 0 Å². The molecule has 1 amide bonds. The van der Waals surface area contributed by atoms with Crippen molar-refractivity contribution in [2.45, 2.75) is 25.8 Å². The van der Waals surface area contributed by atoms with Gasteiger partial charge in [0.15, 0.2) is 5.13 Å². The van der Waals surface area contributed by atoms with Crippen LogP contribution >= 0.6 is 11.3 Å². The average Bonchev–Trinajstić information content (AvgIpc) is 3.27. The lowest BCUT2D eigenvalue weighted by atomic mass is 9.94. The number of rotatable bonds is 3. The van der Waals surface area contributed by atoms with E-state index in [9.17, 15) is 4.79 Å². The first-order valence-electron chi connectivity index (χ1n) is 12.1. The summed E-state index contributed by atoms with van der Waals surface area (Å²) < 4.78 is 5.96. The highest BCUT2D eigenvalue weighted by Gasteiger charge is 2.34. The molecule has 6 rings (SSSR count). The number of carbonyl (C=O) groups is 1. The second-order valence-electron chi connectivity index (χ2n) is 10.2. The fourth-order valence-electron chi connectivity index (χ4n) is 4.95. The van der Waals surface area contributed by atoms with E-state index in [2.05, 4.69) is 51.3 Å². The zero-order valence-electron chi connectivity index (χ0n) is 20.4. The first kappa shape index (κ1) is 22.3. The van der Waals surface area contributed by atoms with Crippen LogP contribution in [0.3, 0.4) is 0 Å². The molecule has 3 aromatic rings. The number of carbonyl (C=O) groups excluding carboxylic acids is 1. The third-order valence-corrected chi connectivity index (χ3v) is 8.03. The molecule has 182 valence electrons. The minimum absolute atomic E-state index is 0.0336. The van der Waals surface area contributed by atoms with Gasteiger partial charge in [0.05, 0.1) is 17.9 Å². The number of pyridine rings is 1. The molecule has 0 bridgehead atoms. The molecule has 0 atom stereocenters.